The molecule has 0 saturated carbocycles. The van der Waals surface area contributed by atoms with Gasteiger partial charge in [0.1, 0.15) is 0 Å². The summed E-state index contributed by atoms with van der Waals surface area (Å²) in [7, 11) is 0. The van der Waals surface area contributed by atoms with Crippen molar-refractivity contribution in [3.8, 4) is 0 Å². The average Bonchev–Trinajstić information content (AvgIpc) is 2.28. The quantitative estimate of drug-likeness (QED) is 0.545. The number of allylic oxidation sites excluding steroid dienone is 2. The molecule has 1 nitrogen and oxygen atoms in total. The van der Waals surface area contributed by atoms with E-state index in [9.17, 15) is 8.78 Å². The summed E-state index contributed by atoms with van der Waals surface area (Å²) in [6.45, 7) is 1.83. The van der Waals surface area contributed by atoms with E-state index < -0.39 is 11.1 Å². The van der Waals surface area contributed by atoms with E-state index in [2.05, 4.69) is 0 Å². The van der Waals surface area contributed by atoms with Crippen molar-refractivity contribution in [2.45, 2.75) is 25.1 Å². The smallest absolute Gasteiger partial charge is 0.378 e. The molecule has 0 heterocycles. The van der Waals surface area contributed by atoms with Crippen LogP contribution in [-0.2, 0) is 11.2 Å². The number of aryl methyl sites for hydroxylation is 1. The van der Waals surface area contributed by atoms with Gasteiger partial charge in [0.2, 0.25) is 0 Å². The van der Waals surface area contributed by atoms with Crippen LogP contribution in [0.15, 0.2) is 42.2 Å². The molecule has 0 aliphatic rings. The summed E-state index contributed by atoms with van der Waals surface area (Å²) in [4.78, 5) is 0. The summed E-state index contributed by atoms with van der Waals surface area (Å²) in [5, 5.41) is -3.42. The fourth-order valence-electron chi connectivity index (χ4n) is 1.43. The first-order chi connectivity index (χ1) is 8.04. The van der Waals surface area contributed by atoms with Gasteiger partial charge in [-0.1, -0.05) is 30.3 Å². The summed E-state index contributed by atoms with van der Waals surface area (Å²) < 4.78 is 30.6. The number of alkyl halides is 3. The second-order valence-electron chi connectivity index (χ2n) is 3.52. The topological polar surface area (TPSA) is 9.23 Å². The third-order valence-corrected chi connectivity index (χ3v) is 2.37. The van der Waals surface area contributed by atoms with Gasteiger partial charge in [0.05, 0.1) is 6.61 Å². The Morgan fingerprint density at radius 2 is 2.00 bits per heavy atom. The number of hydrogen-bond acceptors (Lipinski definition) is 1. The van der Waals surface area contributed by atoms with Crippen molar-refractivity contribution < 1.29 is 13.5 Å². The molecule has 0 unspecified atom stereocenters. The van der Waals surface area contributed by atoms with Crippen LogP contribution in [-0.4, -0.2) is 12.0 Å². The second kappa shape index (κ2) is 6.60. The summed E-state index contributed by atoms with van der Waals surface area (Å²) in [5.74, 6) is -0.461. The van der Waals surface area contributed by atoms with Gasteiger partial charge in [0.15, 0.2) is 5.76 Å². The fourth-order valence-corrected chi connectivity index (χ4v) is 1.56. The van der Waals surface area contributed by atoms with E-state index in [1.165, 1.54) is 6.08 Å². The molecule has 17 heavy (non-hydrogen) atoms. The van der Waals surface area contributed by atoms with Crippen molar-refractivity contribution in [2.75, 3.05) is 6.61 Å². The SMILES string of the molecule is CCO/C(=C/CCc1ccccc1)C(F)(F)Cl. The van der Waals surface area contributed by atoms with Crippen molar-refractivity contribution in [3.63, 3.8) is 0 Å². The zero-order valence-electron chi connectivity index (χ0n) is 9.63. The van der Waals surface area contributed by atoms with Crippen LogP contribution in [0.2, 0.25) is 0 Å². The predicted molar refractivity (Wildman–Crippen MR) is 65.3 cm³/mol. The third kappa shape index (κ3) is 5.18. The maximum absolute atomic E-state index is 12.9. The first-order valence-corrected chi connectivity index (χ1v) is 5.86. The van der Waals surface area contributed by atoms with E-state index in [1.807, 2.05) is 30.3 Å². The lowest BCUT2D eigenvalue weighted by Crippen LogP contribution is -2.13. The molecule has 94 valence electrons. The Labute approximate surface area is 105 Å². The number of ether oxygens (including phenoxy) is 1. The Hall–Kier alpha value is -1.09. The van der Waals surface area contributed by atoms with Crippen LogP contribution in [0.3, 0.4) is 0 Å². The molecule has 0 bridgehead atoms. The number of halogens is 3. The van der Waals surface area contributed by atoms with Crippen LogP contribution in [0, 0.1) is 0 Å². The van der Waals surface area contributed by atoms with E-state index >= 15 is 0 Å². The maximum Gasteiger partial charge on any atom is 0.378 e. The second-order valence-corrected chi connectivity index (χ2v) is 4.00. The summed E-state index contributed by atoms with van der Waals surface area (Å²) in [6, 6.07) is 9.65. The molecule has 1 aromatic rings. The van der Waals surface area contributed by atoms with Crippen LogP contribution < -0.4 is 0 Å². The maximum atomic E-state index is 12.9. The van der Waals surface area contributed by atoms with Crippen LogP contribution in [0.25, 0.3) is 0 Å². The monoisotopic (exact) mass is 260 g/mol. The standard InChI is InChI=1S/C13H15ClF2O/c1-2-17-12(13(14,15)16)10-6-9-11-7-4-3-5-8-11/h3-5,7-8,10H,2,6,9H2,1H3/b12-10+. The Bertz CT molecular complexity index is 357. The molecule has 0 spiro atoms. The highest BCUT2D eigenvalue weighted by Crippen LogP contribution is 2.29. The van der Waals surface area contributed by atoms with Gasteiger partial charge >= 0.3 is 5.38 Å². The third-order valence-electron chi connectivity index (χ3n) is 2.18. The molecule has 4 heteroatoms. The van der Waals surface area contributed by atoms with Gasteiger partial charge in [-0.15, -0.1) is 0 Å². The molecule has 0 amide bonds. The average molecular weight is 261 g/mol. The molecule has 0 radical (unpaired) electrons. The summed E-state index contributed by atoms with van der Waals surface area (Å²) in [6.07, 6.45) is 2.51. The molecule has 1 aromatic carbocycles. The molecule has 0 atom stereocenters. The Morgan fingerprint density at radius 3 is 2.53 bits per heavy atom. The zero-order valence-corrected chi connectivity index (χ0v) is 10.4. The molecule has 0 aromatic heterocycles. The first-order valence-electron chi connectivity index (χ1n) is 5.48. The highest BCUT2D eigenvalue weighted by molar-refractivity contribution is 6.23. The van der Waals surface area contributed by atoms with E-state index in [0.29, 0.717) is 12.8 Å². The molecule has 0 saturated heterocycles. The number of rotatable bonds is 6. The van der Waals surface area contributed by atoms with Gasteiger partial charge in [-0.25, -0.2) is 0 Å². The normalized spacial score (nSPS) is 12.6. The lowest BCUT2D eigenvalue weighted by molar-refractivity contribution is 0.0516. The lowest BCUT2D eigenvalue weighted by Gasteiger charge is -2.13. The zero-order chi connectivity index (χ0) is 12.7. The Morgan fingerprint density at radius 1 is 1.35 bits per heavy atom. The van der Waals surface area contributed by atoms with Crippen molar-refractivity contribution in [3.05, 3.63) is 47.7 Å². The number of benzene rings is 1. The van der Waals surface area contributed by atoms with Gasteiger partial charge in [0.25, 0.3) is 0 Å². The van der Waals surface area contributed by atoms with Crippen LogP contribution >= 0.6 is 11.6 Å². The van der Waals surface area contributed by atoms with Crippen LogP contribution in [0.1, 0.15) is 18.9 Å². The van der Waals surface area contributed by atoms with Crippen molar-refractivity contribution in [1.29, 1.82) is 0 Å². The summed E-state index contributed by atoms with van der Waals surface area (Å²) in [5.41, 5.74) is 1.09. The molecular formula is C13H15ClF2O. The molecule has 1 rings (SSSR count). The van der Waals surface area contributed by atoms with Crippen molar-refractivity contribution in [1.82, 2.24) is 0 Å². The summed E-state index contributed by atoms with van der Waals surface area (Å²) >= 11 is 4.93. The highest BCUT2D eigenvalue weighted by atomic mass is 35.5. The van der Waals surface area contributed by atoms with E-state index in [0.717, 1.165) is 5.56 Å². The van der Waals surface area contributed by atoms with Crippen LogP contribution in [0.4, 0.5) is 8.78 Å². The molecular weight excluding hydrogens is 246 g/mol. The first kappa shape index (κ1) is 14.0. The minimum atomic E-state index is -3.42. The van der Waals surface area contributed by atoms with Gasteiger partial charge < -0.3 is 4.74 Å². The lowest BCUT2D eigenvalue weighted by atomic mass is 10.1. The molecule has 0 aliphatic carbocycles. The molecule has 0 aliphatic heterocycles. The number of hydrogen-bond donors (Lipinski definition) is 0. The molecule has 0 N–H and O–H groups in total. The van der Waals surface area contributed by atoms with Crippen LogP contribution in [0.5, 0.6) is 0 Å². The largest absolute Gasteiger partial charge is 0.491 e. The van der Waals surface area contributed by atoms with Gasteiger partial charge in [-0.3, -0.25) is 0 Å². The highest BCUT2D eigenvalue weighted by Gasteiger charge is 2.32. The van der Waals surface area contributed by atoms with E-state index in [-0.39, 0.29) is 6.61 Å². The van der Waals surface area contributed by atoms with Crippen molar-refractivity contribution in [2.24, 2.45) is 0 Å². The fraction of sp³-hybridized carbons (Fsp3) is 0.385. The van der Waals surface area contributed by atoms with E-state index in [1.54, 1.807) is 6.92 Å². The molecule has 0 fully saturated rings. The van der Waals surface area contributed by atoms with Gasteiger partial charge in [0, 0.05) is 0 Å². The predicted octanol–water partition coefficient (Wildman–Crippen LogP) is 4.37. The Kier molecular flexibility index (Phi) is 5.42. The minimum absolute atomic E-state index is 0.180. The Balaban J connectivity index is 2.56. The van der Waals surface area contributed by atoms with Gasteiger partial charge in [-0.05, 0) is 43.0 Å². The van der Waals surface area contributed by atoms with E-state index in [4.69, 9.17) is 16.3 Å². The minimum Gasteiger partial charge on any atom is -0.491 e. The van der Waals surface area contributed by atoms with Crippen molar-refractivity contribution >= 4 is 11.6 Å². The van der Waals surface area contributed by atoms with Gasteiger partial charge in [-0.2, -0.15) is 8.78 Å².